The lowest BCUT2D eigenvalue weighted by atomic mass is 9.87. The number of nitrogens with zero attached hydrogens (tertiary/aromatic N) is 3. The van der Waals surface area contributed by atoms with Crippen molar-refractivity contribution in [2.45, 2.75) is 26.2 Å². The number of anilines is 2. The summed E-state index contributed by atoms with van der Waals surface area (Å²) in [6, 6.07) is 23.1. The molecular formula is C29H30ClN3O2. The molecular weight excluding hydrogens is 458 g/mol. The molecule has 6 heteroatoms. The van der Waals surface area contributed by atoms with Gasteiger partial charge in [0, 0.05) is 48.7 Å². The Bertz CT molecular complexity index is 1330. The van der Waals surface area contributed by atoms with Gasteiger partial charge in [0.2, 0.25) is 5.89 Å². The average molecular weight is 488 g/mol. The van der Waals surface area contributed by atoms with E-state index in [9.17, 15) is 4.79 Å². The Labute approximate surface area is 212 Å². The zero-order valence-electron chi connectivity index (χ0n) is 21.0. The highest BCUT2D eigenvalue weighted by Gasteiger charge is 2.26. The van der Waals surface area contributed by atoms with Crippen LogP contribution < -0.4 is 9.80 Å². The molecule has 1 heterocycles. The molecule has 1 amide bonds. The second-order valence-corrected chi connectivity index (χ2v) is 10.2. The van der Waals surface area contributed by atoms with Crippen LogP contribution in [0, 0.1) is 0 Å². The molecule has 0 unspecified atom stereocenters. The molecule has 0 radical (unpaired) electrons. The lowest BCUT2D eigenvalue weighted by Crippen LogP contribution is -2.27. The number of amides is 1. The van der Waals surface area contributed by atoms with Crippen molar-refractivity contribution in [2.24, 2.45) is 0 Å². The van der Waals surface area contributed by atoms with Gasteiger partial charge in [-0.15, -0.1) is 0 Å². The fourth-order valence-corrected chi connectivity index (χ4v) is 3.89. The predicted molar refractivity (Wildman–Crippen MR) is 145 cm³/mol. The quantitative estimate of drug-likeness (QED) is 0.296. The SMILES string of the molecule is CN(C)c1cccc(-c2oc(-c3ccc(C(C)(C)C)cc3)nc2C(=O)N(C)c2ccc(Cl)cc2)c1. The van der Waals surface area contributed by atoms with Crippen LogP contribution >= 0.6 is 11.6 Å². The Hall–Kier alpha value is -3.57. The predicted octanol–water partition coefficient (Wildman–Crippen LogP) is 7.30. The van der Waals surface area contributed by atoms with E-state index in [1.807, 2.05) is 55.4 Å². The molecule has 0 saturated carbocycles. The standard InChI is InChI=1S/C29H30ClN3O2/c1-29(2,3)21-12-10-19(11-13-21)27-31-25(28(34)33(6)23-16-14-22(30)15-17-23)26(35-27)20-8-7-9-24(18-20)32(4)5/h7-18H,1-6H3. The number of carbonyl (C=O) groups excluding carboxylic acids is 1. The highest BCUT2D eigenvalue weighted by molar-refractivity contribution is 6.30. The van der Waals surface area contributed by atoms with Crippen molar-refractivity contribution < 1.29 is 9.21 Å². The zero-order chi connectivity index (χ0) is 25.3. The second kappa shape index (κ2) is 9.59. The van der Waals surface area contributed by atoms with Gasteiger partial charge >= 0.3 is 0 Å². The zero-order valence-corrected chi connectivity index (χ0v) is 21.7. The van der Waals surface area contributed by atoms with Gasteiger partial charge in [0.1, 0.15) is 0 Å². The van der Waals surface area contributed by atoms with Crippen molar-refractivity contribution >= 4 is 28.9 Å². The molecule has 0 spiro atoms. The van der Waals surface area contributed by atoms with Crippen molar-refractivity contribution in [3.63, 3.8) is 0 Å². The number of benzene rings is 3. The molecule has 1 aromatic heterocycles. The van der Waals surface area contributed by atoms with Crippen LogP contribution in [0.15, 0.2) is 77.2 Å². The lowest BCUT2D eigenvalue weighted by molar-refractivity contribution is 0.0989. The van der Waals surface area contributed by atoms with Crippen molar-refractivity contribution in [1.29, 1.82) is 0 Å². The van der Waals surface area contributed by atoms with E-state index in [4.69, 9.17) is 16.0 Å². The topological polar surface area (TPSA) is 49.6 Å². The van der Waals surface area contributed by atoms with Gasteiger partial charge < -0.3 is 14.2 Å². The van der Waals surface area contributed by atoms with Gasteiger partial charge in [0.05, 0.1) is 0 Å². The van der Waals surface area contributed by atoms with E-state index in [2.05, 4.69) is 37.9 Å². The van der Waals surface area contributed by atoms with E-state index >= 15 is 0 Å². The number of hydrogen-bond acceptors (Lipinski definition) is 4. The Kier molecular flexibility index (Phi) is 6.73. The first-order valence-electron chi connectivity index (χ1n) is 11.5. The van der Waals surface area contributed by atoms with Crippen molar-refractivity contribution in [1.82, 2.24) is 4.98 Å². The van der Waals surface area contributed by atoms with Gasteiger partial charge in [0.15, 0.2) is 11.5 Å². The Morgan fingerprint density at radius 3 is 2.11 bits per heavy atom. The molecule has 3 aromatic carbocycles. The van der Waals surface area contributed by atoms with Crippen LogP contribution in [0.2, 0.25) is 5.02 Å². The van der Waals surface area contributed by atoms with Crippen molar-refractivity contribution in [3.8, 4) is 22.8 Å². The number of carbonyl (C=O) groups is 1. The maximum Gasteiger partial charge on any atom is 0.280 e. The number of oxazole rings is 1. The van der Waals surface area contributed by atoms with E-state index in [-0.39, 0.29) is 17.0 Å². The van der Waals surface area contributed by atoms with E-state index in [0.717, 1.165) is 16.8 Å². The minimum atomic E-state index is -0.265. The molecule has 0 fully saturated rings. The van der Waals surface area contributed by atoms with Crippen LogP contribution in [-0.2, 0) is 5.41 Å². The third-order valence-corrected chi connectivity index (χ3v) is 6.22. The number of aromatic nitrogens is 1. The van der Waals surface area contributed by atoms with E-state index < -0.39 is 0 Å². The smallest absolute Gasteiger partial charge is 0.280 e. The fourth-order valence-electron chi connectivity index (χ4n) is 3.76. The van der Waals surface area contributed by atoms with E-state index in [0.29, 0.717) is 22.4 Å². The largest absolute Gasteiger partial charge is 0.435 e. The normalized spacial score (nSPS) is 11.4. The first kappa shape index (κ1) is 24.6. The summed E-state index contributed by atoms with van der Waals surface area (Å²) in [7, 11) is 5.67. The highest BCUT2D eigenvalue weighted by atomic mass is 35.5. The third kappa shape index (κ3) is 5.25. The highest BCUT2D eigenvalue weighted by Crippen LogP contribution is 2.34. The molecule has 0 N–H and O–H groups in total. The third-order valence-electron chi connectivity index (χ3n) is 5.97. The van der Waals surface area contributed by atoms with E-state index in [1.54, 1.807) is 36.2 Å². The summed E-state index contributed by atoms with van der Waals surface area (Å²) in [5.41, 5.74) is 4.82. The summed E-state index contributed by atoms with van der Waals surface area (Å²) in [6.07, 6.45) is 0. The number of halogens is 1. The summed E-state index contributed by atoms with van der Waals surface area (Å²) in [4.78, 5) is 21.9. The molecule has 5 nitrogen and oxygen atoms in total. The fraction of sp³-hybridized carbons (Fsp3) is 0.241. The minimum Gasteiger partial charge on any atom is -0.435 e. The second-order valence-electron chi connectivity index (χ2n) is 9.81. The van der Waals surface area contributed by atoms with Gasteiger partial charge in [-0.3, -0.25) is 4.79 Å². The number of hydrogen-bond donors (Lipinski definition) is 0. The maximum atomic E-state index is 13.6. The summed E-state index contributed by atoms with van der Waals surface area (Å²) < 4.78 is 6.28. The molecule has 180 valence electrons. The summed E-state index contributed by atoms with van der Waals surface area (Å²) in [5, 5.41) is 0.609. The van der Waals surface area contributed by atoms with Gasteiger partial charge in [-0.05, 0) is 59.5 Å². The average Bonchev–Trinajstić information content (AvgIpc) is 3.29. The molecule has 35 heavy (non-hydrogen) atoms. The van der Waals surface area contributed by atoms with Crippen LogP contribution in [0.4, 0.5) is 11.4 Å². The maximum absolute atomic E-state index is 13.6. The Morgan fingerprint density at radius 2 is 1.51 bits per heavy atom. The van der Waals surface area contributed by atoms with Crippen LogP contribution in [0.1, 0.15) is 36.8 Å². The van der Waals surface area contributed by atoms with Crippen LogP contribution in [0.5, 0.6) is 0 Å². The lowest BCUT2D eigenvalue weighted by Gasteiger charge is -2.18. The first-order valence-corrected chi connectivity index (χ1v) is 11.9. The molecule has 0 atom stereocenters. The minimum absolute atomic E-state index is 0.0370. The molecule has 0 aliphatic rings. The van der Waals surface area contributed by atoms with Gasteiger partial charge in [-0.25, -0.2) is 4.98 Å². The molecule has 0 bridgehead atoms. The van der Waals surface area contributed by atoms with E-state index in [1.165, 1.54) is 5.56 Å². The Balaban J connectivity index is 1.81. The Morgan fingerprint density at radius 1 is 0.857 bits per heavy atom. The van der Waals surface area contributed by atoms with Crippen molar-refractivity contribution in [2.75, 3.05) is 30.9 Å². The number of rotatable bonds is 5. The summed E-state index contributed by atoms with van der Waals surface area (Å²) in [5.74, 6) is 0.580. The monoisotopic (exact) mass is 487 g/mol. The molecule has 0 aliphatic carbocycles. The summed E-state index contributed by atoms with van der Waals surface area (Å²) in [6.45, 7) is 6.52. The van der Waals surface area contributed by atoms with Crippen LogP contribution in [0.3, 0.4) is 0 Å². The van der Waals surface area contributed by atoms with Gasteiger partial charge in [0.25, 0.3) is 5.91 Å². The van der Waals surface area contributed by atoms with Gasteiger partial charge in [-0.1, -0.05) is 56.6 Å². The van der Waals surface area contributed by atoms with Crippen LogP contribution in [0.25, 0.3) is 22.8 Å². The molecule has 0 aliphatic heterocycles. The van der Waals surface area contributed by atoms with Gasteiger partial charge in [-0.2, -0.15) is 0 Å². The first-order chi connectivity index (χ1) is 16.5. The molecule has 0 saturated heterocycles. The molecule has 4 rings (SSSR count). The van der Waals surface area contributed by atoms with Crippen molar-refractivity contribution in [3.05, 3.63) is 89.1 Å². The molecule has 4 aromatic rings. The van der Waals surface area contributed by atoms with Crippen LogP contribution in [-0.4, -0.2) is 32.0 Å². The summed E-state index contributed by atoms with van der Waals surface area (Å²) >= 11 is 6.03.